The molecular weight excluding hydrogens is 410 g/mol. The molecule has 7 nitrogen and oxygen atoms in total. The number of urea groups is 1. The van der Waals surface area contributed by atoms with Crippen LogP contribution in [0.4, 0.5) is 10.5 Å². The van der Waals surface area contributed by atoms with Crippen molar-refractivity contribution in [3.05, 3.63) is 35.8 Å². The van der Waals surface area contributed by atoms with Crippen molar-refractivity contribution in [2.24, 2.45) is 5.92 Å². The molecule has 3 amide bonds. The molecule has 2 aliphatic heterocycles. The van der Waals surface area contributed by atoms with Gasteiger partial charge in [-0.25, -0.2) is 9.78 Å². The van der Waals surface area contributed by atoms with E-state index in [1.165, 1.54) is 6.42 Å². The van der Waals surface area contributed by atoms with Crippen LogP contribution < -0.4 is 10.6 Å². The fourth-order valence-electron chi connectivity index (χ4n) is 4.51. The van der Waals surface area contributed by atoms with E-state index in [-0.39, 0.29) is 17.9 Å². The van der Waals surface area contributed by atoms with Crippen molar-refractivity contribution >= 4 is 29.0 Å². The molecule has 1 aromatic heterocycles. The third-order valence-corrected chi connectivity index (χ3v) is 7.21. The number of likely N-dealkylation sites (tertiary alicyclic amines) is 2. The van der Waals surface area contributed by atoms with Gasteiger partial charge in [-0.3, -0.25) is 9.69 Å². The largest absolute Gasteiger partial charge is 0.354 e. The zero-order valence-electron chi connectivity index (χ0n) is 18.0. The Labute approximate surface area is 187 Å². The van der Waals surface area contributed by atoms with Gasteiger partial charge in [0.05, 0.1) is 0 Å². The van der Waals surface area contributed by atoms with Gasteiger partial charge in [0.25, 0.3) is 0 Å². The second-order valence-electron chi connectivity index (χ2n) is 8.28. The summed E-state index contributed by atoms with van der Waals surface area (Å²) in [6, 6.07) is 8.10. The fraction of sp³-hybridized carbons (Fsp3) is 0.522. The zero-order chi connectivity index (χ0) is 21.6. The van der Waals surface area contributed by atoms with E-state index in [9.17, 15) is 9.59 Å². The van der Waals surface area contributed by atoms with Crippen molar-refractivity contribution in [1.82, 2.24) is 20.1 Å². The van der Waals surface area contributed by atoms with Crippen LogP contribution in [0.3, 0.4) is 0 Å². The maximum absolute atomic E-state index is 12.6. The number of hydrogen-bond donors (Lipinski definition) is 2. The molecule has 2 saturated heterocycles. The number of carbonyl (C=O) groups is 2. The quantitative estimate of drug-likeness (QED) is 0.717. The highest BCUT2D eigenvalue weighted by Crippen LogP contribution is 2.24. The Bertz CT molecular complexity index is 863. The monoisotopic (exact) mass is 441 g/mol. The summed E-state index contributed by atoms with van der Waals surface area (Å²) in [6.45, 7) is 6.30. The lowest BCUT2D eigenvalue weighted by Gasteiger charge is -2.32. The minimum atomic E-state index is -0.106. The van der Waals surface area contributed by atoms with Gasteiger partial charge in [0.1, 0.15) is 5.01 Å². The van der Waals surface area contributed by atoms with Gasteiger partial charge >= 0.3 is 6.03 Å². The van der Waals surface area contributed by atoms with E-state index in [1.54, 1.807) is 22.4 Å². The van der Waals surface area contributed by atoms with E-state index in [0.717, 1.165) is 42.3 Å². The molecule has 2 fully saturated rings. The molecule has 0 bridgehead atoms. The Hall–Kier alpha value is -2.45. The SMILES string of the molecule is CCN1CCCC1CNC(=O)C1CCN(C(=O)Nc2ccc(-c3nccs3)cc2)CC1. The first kappa shape index (κ1) is 21.8. The van der Waals surface area contributed by atoms with Gasteiger partial charge in [0.2, 0.25) is 5.91 Å². The van der Waals surface area contributed by atoms with Gasteiger partial charge in [-0.1, -0.05) is 6.92 Å². The van der Waals surface area contributed by atoms with Crippen molar-refractivity contribution in [2.75, 3.05) is 38.0 Å². The number of hydrogen-bond acceptors (Lipinski definition) is 5. The van der Waals surface area contributed by atoms with Crippen LogP contribution in [0.2, 0.25) is 0 Å². The lowest BCUT2D eigenvalue weighted by molar-refractivity contribution is -0.126. The van der Waals surface area contributed by atoms with Crippen LogP contribution in [-0.2, 0) is 4.79 Å². The van der Waals surface area contributed by atoms with Crippen LogP contribution in [0, 0.1) is 5.92 Å². The maximum Gasteiger partial charge on any atom is 0.321 e. The number of aromatic nitrogens is 1. The molecular formula is C23H31N5O2S. The highest BCUT2D eigenvalue weighted by molar-refractivity contribution is 7.13. The molecule has 1 aromatic carbocycles. The Morgan fingerprint density at radius 1 is 1.13 bits per heavy atom. The van der Waals surface area contributed by atoms with Gasteiger partial charge in [-0.05, 0) is 63.0 Å². The number of piperidine rings is 1. The van der Waals surface area contributed by atoms with E-state index in [2.05, 4.69) is 27.4 Å². The molecule has 1 unspecified atom stereocenters. The molecule has 8 heteroatoms. The standard InChI is InChI=1S/C23H31N5O2S/c1-2-27-12-3-4-20(27)16-25-21(29)17-9-13-28(14-10-17)23(30)26-19-7-5-18(6-8-19)22-24-11-15-31-22/h5-8,11,15,17,20H,2-4,9-10,12-14,16H2,1H3,(H,25,29)(H,26,30). The number of amides is 3. The summed E-state index contributed by atoms with van der Waals surface area (Å²) in [5.41, 5.74) is 1.81. The summed E-state index contributed by atoms with van der Waals surface area (Å²) in [6.07, 6.45) is 5.59. The number of nitrogens with zero attached hydrogens (tertiary/aromatic N) is 3. The van der Waals surface area contributed by atoms with Gasteiger partial charge in [-0.2, -0.15) is 0 Å². The van der Waals surface area contributed by atoms with E-state index >= 15 is 0 Å². The average Bonchev–Trinajstić information content (AvgIpc) is 3.50. The van der Waals surface area contributed by atoms with Gasteiger partial charge in [0, 0.05) is 54.4 Å². The van der Waals surface area contributed by atoms with Crippen molar-refractivity contribution < 1.29 is 9.59 Å². The summed E-state index contributed by atoms with van der Waals surface area (Å²) in [5, 5.41) is 9.04. The normalized spacial score (nSPS) is 20.0. The van der Waals surface area contributed by atoms with Crippen molar-refractivity contribution in [2.45, 2.75) is 38.6 Å². The summed E-state index contributed by atoms with van der Waals surface area (Å²) in [7, 11) is 0. The second-order valence-corrected chi connectivity index (χ2v) is 9.17. The molecule has 2 aliphatic rings. The maximum atomic E-state index is 12.6. The Morgan fingerprint density at radius 2 is 1.90 bits per heavy atom. The lowest BCUT2D eigenvalue weighted by Crippen LogP contribution is -2.46. The molecule has 31 heavy (non-hydrogen) atoms. The van der Waals surface area contributed by atoms with Crippen LogP contribution >= 0.6 is 11.3 Å². The number of carbonyl (C=O) groups excluding carboxylic acids is 2. The number of benzene rings is 1. The van der Waals surface area contributed by atoms with Crippen LogP contribution in [0.1, 0.15) is 32.6 Å². The summed E-state index contributed by atoms with van der Waals surface area (Å²) in [5.74, 6) is 0.138. The van der Waals surface area contributed by atoms with E-state index in [4.69, 9.17) is 0 Å². The highest BCUT2D eigenvalue weighted by Gasteiger charge is 2.29. The molecule has 0 spiro atoms. The van der Waals surface area contributed by atoms with Crippen molar-refractivity contribution in [3.8, 4) is 10.6 Å². The first-order valence-corrected chi connectivity index (χ1v) is 12.1. The summed E-state index contributed by atoms with van der Waals surface area (Å²) < 4.78 is 0. The molecule has 3 heterocycles. The van der Waals surface area contributed by atoms with Crippen molar-refractivity contribution in [1.29, 1.82) is 0 Å². The van der Waals surface area contributed by atoms with Gasteiger partial charge in [0.15, 0.2) is 0 Å². The van der Waals surface area contributed by atoms with Crippen LogP contribution in [-0.4, -0.2) is 65.5 Å². The second kappa shape index (κ2) is 10.2. The predicted octanol–water partition coefficient (Wildman–Crippen LogP) is 3.65. The van der Waals surface area contributed by atoms with E-state index in [1.807, 2.05) is 29.6 Å². The Balaban J connectivity index is 1.21. The molecule has 0 radical (unpaired) electrons. The number of anilines is 1. The first-order valence-electron chi connectivity index (χ1n) is 11.2. The molecule has 4 rings (SSSR count). The summed E-state index contributed by atoms with van der Waals surface area (Å²) >= 11 is 1.59. The molecule has 166 valence electrons. The molecule has 0 aliphatic carbocycles. The fourth-order valence-corrected chi connectivity index (χ4v) is 5.16. The number of thiazole rings is 1. The number of likely N-dealkylation sites (N-methyl/N-ethyl adjacent to an activating group) is 1. The minimum Gasteiger partial charge on any atom is -0.354 e. The molecule has 2 aromatic rings. The van der Waals surface area contributed by atoms with Gasteiger partial charge < -0.3 is 15.5 Å². The molecule has 0 saturated carbocycles. The topological polar surface area (TPSA) is 77.6 Å². The van der Waals surface area contributed by atoms with E-state index in [0.29, 0.717) is 32.0 Å². The Kier molecular flexibility index (Phi) is 7.19. The van der Waals surface area contributed by atoms with Gasteiger partial charge in [-0.15, -0.1) is 11.3 Å². The first-order chi connectivity index (χ1) is 15.1. The van der Waals surface area contributed by atoms with Crippen LogP contribution in [0.15, 0.2) is 35.8 Å². The summed E-state index contributed by atoms with van der Waals surface area (Å²) in [4.78, 5) is 33.8. The van der Waals surface area contributed by atoms with Crippen molar-refractivity contribution in [3.63, 3.8) is 0 Å². The average molecular weight is 442 g/mol. The number of nitrogens with one attached hydrogen (secondary N) is 2. The number of rotatable bonds is 6. The third-order valence-electron chi connectivity index (χ3n) is 6.39. The third kappa shape index (κ3) is 5.43. The zero-order valence-corrected chi connectivity index (χ0v) is 18.9. The highest BCUT2D eigenvalue weighted by atomic mass is 32.1. The van der Waals surface area contributed by atoms with E-state index < -0.39 is 0 Å². The lowest BCUT2D eigenvalue weighted by atomic mass is 9.96. The van der Waals surface area contributed by atoms with Crippen LogP contribution in [0.25, 0.3) is 10.6 Å². The minimum absolute atomic E-state index is 0.00175. The smallest absolute Gasteiger partial charge is 0.321 e. The predicted molar refractivity (Wildman–Crippen MR) is 124 cm³/mol. The molecule has 1 atom stereocenters. The Morgan fingerprint density at radius 3 is 2.58 bits per heavy atom. The molecule has 2 N–H and O–H groups in total. The van der Waals surface area contributed by atoms with Crippen LogP contribution in [0.5, 0.6) is 0 Å².